The summed E-state index contributed by atoms with van der Waals surface area (Å²) in [5.41, 5.74) is 1.92. The maximum Gasteiger partial charge on any atom is 0.274 e. The Morgan fingerprint density at radius 1 is 1.13 bits per heavy atom. The van der Waals surface area contributed by atoms with Crippen molar-refractivity contribution >= 4 is 10.8 Å². The van der Waals surface area contributed by atoms with Crippen LogP contribution in [0.1, 0.15) is 11.3 Å². The van der Waals surface area contributed by atoms with E-state index < -0.39 is 0 Å². The van der Waals surface area contributed by atoms with Crippen LogP contribution in [0.4, 0.5) is 0 Å². The van der Waals surface area contributed by atoms with Gasteiger partial charge in [-0.25, -0.2) is 4.68 Å². The van der Waals surface area contributed by atoms with E-state index in [9.17, 15) is 4.79 Å². The summed E-state index contributed by atoms with van der Waals surface area (Å²) in [7, 11) is 1.65. The van der Waals surface area contributed by atoms with E-state index in [4.69, 9.17) is 4.74 Å². The number of aromatic nitrogens is 2. The Hall–Kier alpha value is -2.88. The molecule has 23 heavy (non-hydrogen) atoms. The van der Waals surface area contributed by atoms with Crippen molar-refractivity contribution in [3.05, 3.63) is 82.8 Å². The van der Waals surface area contributed by atoms with Gasteiger partial charge in [0.25, 0.3) is 5.56 Å². The van der Waals surface area contributed by atoms with E-state index >= 15 is 0 Å². The van der Waals surface area contributed by atoms with Crippen LogP contribution >= 0.6 is 0 Å². The first kappa shape index (κ1) is 15.0. The molecule has 2 aromatic carbocycles. The summed E-state index contributed by atoms with van der Waals surface area (Å²) in [5, 5.41) is 6.11. The third-order valence-corrected chi connectivity index (χ3v) is 3.78. The number of rotatable bonds is 5. The van der Waals surface area contributed by atoms with Crippen LogP contribution in [0, 0.1) is 0 Å². The number of benzene rings is 2. The van der Waals surface area contributed by atoms with Crippen LogP contribution in [0.3, 0.4) is 0 Å². The van der Waals surface area contributed by atoms with E-state index in [1.807, 2.05) is 48.5 Å². The zero-order valence-electron chi connectivity index (χ0n) is 13.0. The van der Waals surface area contributed by atoms with Gasteiger partial charge in [0.2, 0.25) is 0 Å². The van der Waals surface area contributed by atoms with Gasteiger partial charge in [-0.15, -0.1) is 6.58 Å². The van der Waals surface area contributed by atoms with Crippen molar-refractivity contribution in [3.8, 4) is 5.75 Å². The largest absolute Gasteiger partial charge is 0.497 e. The summed E-state index contributed by atoms with van der Waals surface area (Å²) in [5.74, 6) is 0.822. The second kappa shape index (κ2) is 6.48. The number of methoxy groups -OCH3 is 1. The highest BCUT2D eigenvalue weighted by molar-refractivity contribution is 5.83. The van der Waals surface area contributed by atoms with Gasteiger partial charge < -0.3 is 4.74 Å². The first-order valence-corrected chi connectivity index (χ1v) is 7.45. The van der Waals surface area contributed by atoms with Crippen molar-refractivity contribution in [2.75, 3.05) is 7.11 Å². The van der Waals surface area contributed by atoms with Crippen molar-refractivity contribution in [2.24, 2.45) is 0 Å². The summed E-state index contributed by atoms with van der Waals surface area (Å²) in [6.07, 6.45) is 2.34. The quantitative estimate of drug-likeness (QED) is 0.680. The summed E-state index contributed by atoms with van der Waals surface area (Å²) in [6.45, 7) is 4.10. The van der Waals surface area contributed by atoms with Crippen LogP contribution in [-0.4, -0.2) is 16.9 Å². The molecule has 0 spiro atoms. The molecule has 0 aliphatic carbocycles. The Morgan fingerprint density at radius 2 is 1.83 bits per heavy atom. The fraction of sp³-hybridized carbons (Fsp3) is 0.158. The summed E-state index contributed by atoms with van der Waals surface area (Å²) >= 11 is 0. The lowest BCUT2D eigenvalue weighted by Crippen LogP contribution is -2.24. The molecule has 1 aromatic heterocycles. The molecule has 0 atom stereocenters. The van der Waals surface area contributed by atoms with Gasteiger partial charge in [0.05, 0.1) is 24.7 Å². The molecular weight excluding hydrogens is 288 g/mol. The van der Waals surface area contributed by atoms with E-state index in [1.165, 1.54) is 4.68 Å². The predicted molar refractivity (Wildman–Crippen MR) is 92.0 cm³/mol. The van der Waals surface area contributed by atoms with Gasteiger partial charge in [0.15, 0.2) is 0 Å². The SMILES string of the molecule is C=CCn1nc(Cc2ccc(OC)cc2)c2ccccc2c1=O. The first-order chi connectivity index (χ1) is 11.2. The van der Waals surface area contributed by atoms with Gasteiger partial charge in [-0.2, -0.15) is 5.10 Å². The van der Waals surface area contributed by atoms with Crippen molar-refractivity contribution in [3.63, 3.8) is 0 Å². The molecule has 0 fully saturated rings. The van der Waals surface area contributed by atoms with Gasteiger partial charge in [-0.05, 0) is 23.8 Å². The van der Waals surface area contributed by atoms with Crippen LogP contribution in [0.2, 0.25) is 0 Å². The fourth-order valence-electron chi connectivity index (χ4n) is 2.62. The molecule has 0 aliphatic rings. The summed E-state index contributed by atoms with van der Waals surface area (Å²) in [4.78, 5) is 12.4. The highest BCUT2D eigenvalue weighted by Gasteiger charge is 2.10. The van der Waals surface area contributed by atoms with Crippen LogP contribution in [0.25, 0.3) is 10.8 Å². The molecule has 0 N–H and O–H groups in total. The van der Waals surface area contributed by atoms with Crippen LogP contribution < -0.4 is 10.3 Å². The highest BCUT2D eigenvalue weighted by Crippen LogP contribution is 2.19. The zero-order valence-corrected chi connectivity index (χ0v) is 13.0. The standard InChI is InChI=1S/C19H18N2O2/c1-3-12-21-19(22)17-7-5-4-6-16(17)18(20-21)13-14-8-10-15(23-2)11-9-14/h3-11H,1,12-13H2,2H3. The lowest BCUT2D eigenvalue weighted by Gasteiger charge is -2.10. The summed E-state index contributed by atoms with van der Waals surface area (Å²) < 4.78 is 6.65. The molecule has 0 saturated heterocycles. The number of allylic oxidation sites excluding steroid dienone is 1. The molecule has 116 valence electrons. The Morgan fingerprint density at radius 3 is 2.48 bits per heavy atom. The smallest absolute Gasteiger partial charge is 0.274 e. The lowest BCUT2D eigenvalue weighted by atomic mass is 10.0. The number of fused-ring (bicyclic) bond motifs is 1. The molecule has 0 aliphatic heterocycles. The molecule has 3 aromatic rings. The number of nitrogens with zero attached hydrogens (tertiary/aromatic N) is 2. The van der Waals surface area contributed by atoms with E-state index in [-0.39, 0.29) is 5.56 Å². The lowest BCUT2D eigenvalue weighted by molar-refractivity contribution is 0.414. The molecule has 0 amide bonds. The molecule has 3 rings (SSSR count). The third kappa shape index (κ3) is 3.01. The minimum Gasteiger partial charge on any atom is -0.497 e. The van der Waals surface area contributed by atoms with Crippen molar-refractivity contribution in [1.29, 1.82) is 0 Å². The maximum atomic E-state index is 12.4. The second-order valence-corrected chi connectivity index (χ2v) is 5.29. The molecule has 0 unspecified atom stereocenters. The van der Waals surface area contributed by atoms with Crippen molar-refractivity contribution in [1.82, 2.24) is 9.78 Å². The van der Waals surface area contributed by atoms with Gasteiger partial charge in [-0.3, -0.25) is 4.79 Å². The summed E-state index contributed by atoms with van der Waals surface area (Å²) in [6, 6.07) is 15.5. The maximum absolute atomic E-state index is 12.4. The average Bonchev–Trinajstić information content (AvgIpc) is 2.60. The molecule has 0 radical (unpaired) electrons. The van der Waals surface area contributed by atoms with Crippen LogP contribution in [-0.2, 0) is 13.0 Å². The second-order valence-electron chi connectivity index (χ2n) is 5.29. The molecule has 1 heterocycles. The molecule has 0 bridgehead atoms. The van der Waals surface area contributed by atoms with E-state index in [1.54, 1.807) is 13.2 Å². The van der Waals surface area contributed by atoms with Gasteiger partial charge in [-0.1, -0.05) is 36.4 Å². The average molecular weight is 306 g/mol. The van der Waals surface area contributed by atoms with Gasteiger partial charge >= 0.3 is 0 Å². The predicted octanol–water partition coefficient (Wildman–Crippen LogP) is 3.18. The Kier molecular flexibility index (Phi) is 4.24. The fourth-order valence-corrected chi connectivity index (χ4v) is 2.62. The van der Waals surface area contributed by atoms with E-state index in [2.05, 4.69) is 11.7 Å². The monoisotopic (exact) mass is 306 g/mol. The normalized spacial score (nSPS) is 10.7. The van der Waals surface area contributed by atoms with Gasteiger partial charge in [0.1, 0.15) is 5.75 Å². The third-order valence-electron chi connectivity index (χ3n) is 3.78. The van der Waals surface area contributed by atoms with Crippen LogP contribution in [0.5, 0.6) is 5.75 Å². The Balaban J connectivity index is 2.09. The van der Waals surface area contributed by atoms with Crippen LogP contribution in [0.15, 0.2) is 66.0 Å². The minimum absolute atomic E-state index is 0.0843. The highest BCUT2D eigenvalue weighted by atomic mass is 16.5. The Labute approximate surface area is 134 Å². The zero-order chi connectivity index (χ0) is 16.2. The molecule has 0 saturated carbocycles. The number of hydrogen-bond donors (Lipinski definition) is 0. The molecule has 4 heteroatoms. The number of ether oxygens (including phenoxy) is 1. The molecular formula is C19H18N2O2. The minimum atomic E-state index is -0.0843. The Bertz CT molecular complexity index is 895. The van der Waals surface area contributed by atoms with Crippen molar-refractivity contribution < 1.29 is 4.74 Å². The molecule has 4 nitrogen and oxygen atoms in total. The van der Waals surface area contributed by atoms with Crippen molar-refractivity contribution in [2.45, 2.75) is 13.0 Å². The topological polar surface area (TPSA) is 44.1 Å². The number of hydrogen-bond acceptors (Lipinski definition) is 3. The van der Waals surface area contributed by atoms with E-state index in [0.29, 0.717) is 18.4 Å². The van der Waals surface area contributed by atoms with Gasteiger partial charge in [0, 0.05) is 11.8 Å². The van der Waals surface area contributed by atoms with E-state index in [0.717, 1.165) is 22.4 Å². The first-order valence-electron chi connectivity index (χ1n) is 7.45.